The number of nitrogens with one attached hydrogen (secondary N) is 1. The third-order valence-corrected chi connectivity index (χ3v) is 6.63. The van der Waals surface area contributed by atoms with Crippen LogP contribution in [0.25, 0.3) is 0 Å². The number of hydrogen-bond acceptors (Lipinski definition) is 4. The van der Waals surface area contributed by atoms with E-state index in [4.69, 9.17) is 0 Å². The predicted molar refractivity (Wildman–Crippen MR) is 128 cm³/mol. The lowest BCUT2D eigenvalue weighted by atomic mass is 10.1. The van der Waals surface area contributed by atoms with E-state index in [1.165, 1.54) is 4.90 Å². The van der Waals surface area contributed by atoms with E-state index in [-0.39, 0.29) is 18.5 Å². The maximum absolute atomic E-state index is 13.4. The highest BCUT2D eigenvalue weighted by atomic mass is 32.2. The molecule has 174 valence electrons. The number of carbonyl (C=O) groups excluding carboxylic acids is 2. The highest BCUT2D eigenvalue weighted by Gasteiger charge is 2.30. The lowest BCUT2D eigenvalue weighted by Crippen LogP contribution is -2.52. The largest absolute Gasteiger partial charge is 0.352 e. The molecule has 32 heavy (non-hydrogen) atoms. The van der Waals surface area contributed by atoms with Crippen molar-refractivity contribution >= 4 is 27.5 Å². The Bertz CT molecular complexity index is 1020. The predicted octanol–water partition coefficient (Wildman–Crippen LogP) is 3.09. The smallest absolute Gasteiger partial charge is 0.244 e. The first-order valence-corrected chi connectivity index (χ1v) is 12.6. The molecular weight excluding hydrogens is 426 g/mol. The van der Waals surface area contributed by atoms with Crippen molar-refractivity contribution in [3.63, 3.8) is 0 Å². The minimum absolute atomic E-state index is 0.0304. The molecule has 2 atom stereocenters. The molecular formula is C24H33N3O4S. The summed E-state index contributed by atoms with van der Waals surface area (Å²) < 4.78 is 26.0. The third kappa shape index (κ3) is 6.82. The van der Waals surface area contributed by atoms with Crippen LogP contribution in [0.1, 0.15) is 38.3 Å². The van der Waals surface area contributed by atoms with E-state index in [1.807, 2.05) is 45.0 Å². The zero-order valence-electron chi connectivity index (χ0n) is 19.4. The summed E-state index contributed by atoms with van der Waals surface area (Å²) in [4.78, 5) is 27.7. The van der Waals surface area contributed by atoms with Crippen molar-refractivity contribution in [2.45, 2.75) is 52.7 Å². The molecule has 0 aromatic heterocycles. The number of carbonyl (C=O) groups is 2. The Hall–Kier alpha value is -2.87. The van der Waals surface area contributed by atoms with Crippen LogP contribution in [0, 0.1) is 6.92 Å². The Kier molecular flexibility index (Phi) is 8.83. The number of para-hydroxylation sites is 1. The molecule has 0 aliphatic rings. The fourth-order valence-electron chi connectivity index (χ4n) is 3.23. The topological polar surface area (TPSA) is 86.8 Å². The van der Waals surface area contributed by atoms with Gasteiger partial charge < -0.3 is 10.2 Å². The highest BCUT2D eigenvalue weighted by molar-refractivity contribution is 7.92. The van der Waals surface area contributed by atoms with Crippen molar-refractivity contribution in [2.24, 2.45) is 0 Å². The minimum atomic E-state index is -3.71. The second-order valence-electron chi connectivity index (χ2n) is 8.05. The molecule has 7 nitrogen and oxygen atoms in total. The second-order valence-corrected chi connectivity index (χ2v) is 9.95. The van der Waals surface area contributed by atoms with Gasteiger partial charge in [0.25, 0.3) is 0 Å². The molecule has 0 spiro atoms. The number of aryl methyl sites for hydroxylation is 1. The molecule has 0 aliphatic carbocycles. The van der Waals surface area contributed by atoms with Gasteiger partial charge in [0.1, 0.15) is 12.6 Å². The molecule has 0 bridgehead atoms. The van der Waals surface area contributed by atoms with Gasteiger partial charge in [-0.15, -0.1) is 0 Å². The number of nitrogens with zero attached hydrogens (tertiary/aromatic N) is 2. The van der Waals surface area contributed by atoms with Crippen molar-refractivity contribution in [2.75, 3.05) is 17.1 Å². The van der Waals surface area contributed by atoms with Crippen molar-refractivity contribution in [1.29, 1.82) is 0 Å². The Morgan fingerprint density at radius 2 is 1.59 bits per heavy atom. The molecule has 1 N–H and O–H groups in total. The number of sulfonamides is 1. The van der Waals surface area contributed by atoms with Gasteiger partial charge in [0.05, 0.1) is 11.9 Å². The van der Waals surface area contributed by atoms with E-state index in [1.54, 1.807) is 37.3 Å². The minimum Gasteiger partial charge on any atom is -0.352 e. The molecule has 0 heterocycles. The monoisotopic (exact) mass is 459 g/mol. The average molecular weight is 460 g/mol. The summed E-state index contributed by atoms with van der Waals surface area (Å²) >= 11 is 0. The maximum atomic E-state index is 13.4. The normalized spacial score (nSPS) is 13.2. The Balaban J connectivity index is 2.37. The summed E-state index contributed by atoms with van der Waals surface area (Å²) in [6.07, 6.45) is 1.83. The lowest BCUT2D eigenvalue weighted by molar-refractivity contribution is -0.139. The van der Waals surface area contributed by atoms with E-state index in [0.717, 1.165) is 28.1 Å². The van der Waals surface area contributed by atoms with Gasteiger partial charge in [-0.2, -0.15) is 0 Å². The summed E-state index contributed by atoms with van der Waals surface area (Å²) in [6, 6.07) is 15.3. The van der Waals surface area contributed by atoms with E-state index >= 15 is 0 Å². The van der Waals surface area contributed by atoms with Crippen LogP contribution >= 0.6 is 0 Å². The fourth-order valence-corrected chi connectivity index (χ4v) is 4.08. The third-order valence-electron chi connectivity index (χ3n) is 5.49. The quantitative estimate of drug-likeness (QED) is 0.592. The summed E-state index contributed by atoms with van der Waals surface area (Å²) in [5.74, 6) is -0.721. The van der Waals surface area contributed by atoms with Gasteiger partial charge in [-0.1, -0.05) is 49.4 Å². The van der Waals surface area contributed by atoms with Crippen molar-refractivity contribution in [3.05, 3.63) is 65.7 Å². The van der Waals surface area contributed by atoms with Crippen molar-refractivity contribution in [1.82, 2.24) is 10.2 Å². The molecule has 2 aromatic rings. The van der Waals surface area contributed by atoms with Crippen LogP contribution in [0.15, 0.2) is 54.6 Å². The van der Waals surface area contributed by atoms with Gasteiger partial charge in [-0.3, -0.25) is 13.9 Å². The zero-order chi connectivity index (χ0) is 23.9. The van der Waals surface area contributed by atoms with Crippen LogP contribution in [-0.2, 0) is 26.2 Å². The summed E-state index contributed by atoms with van der Waals surface area (Å²) in [5, 5.41) is 2.92. The molecule has 0 fully saturated rings. The van der Waals surface area contributed by atoms with Crippen molar-refractivity contribution < 1.29 is 18.0 Å². The van der Waals surface area contributed by atoms with Crippen LogP contribution < -0.4 is 9.62 Å². The second kappa shape index (κ2) is 11.1. The zero-order valence-corrected chi connectivity index (χ0v) is 20.2. The lowest BCUT2D eigenvalue weighted by Gasteiger charge is -2.32. The molecule has 0 aliphatic heterocycles. The number of anilines is 1. The maximum Gasteiger partial charge on any atom is 0.244 e. The van der Waals surface area contributed by atoms with E-state index in [9.17, 15) is 18.0 Å². The number of hydrogen-bond donors (Lipinski definition) is 1. The number of benzene rings is 2. The fraction of sp³-hybridized carbons (Fsp3) is 0.417. The molecule has 8 heteroatoms. The molecule has 0 radical (unpaired) electrons. The number of amides is 2. The van der Waals surface area contributed by atoms with E-state index < -0.39 is 28.5 Å². The van der Waals surface area contributed by atoms with Crippen LogP contribution in [0.3, 0.4) is 0 Å². The molecule has 2 rings (SSSR count). The Labute approximate surface area is 191 Å². The molecule has 0 saturated heterocycles. The van der Waals surface area contributed by atoms with E-state index in [2.05, 4.69) is 5.32 Å². The van der Waals surface area contributed by atoms with Crippen LogP contribution in [0.2, 0.25) is 0 Å². The van der Waals surface area contributed by atoms with Gasteiger partial charge in [-0.05, 0) is 50.5 Å². The molecule has 0 unspecified atom stereocenters. The first-order chi connectivity index (χ1) is 15.0. The summed E-state index contributed by atoms with van der Waals surface area (Å²) in [5.41, 5.74) is 2.29. The van der Waals surface area contributed by atoms with Crippen LogP contribution in [-0.4, -0.2) is 50.0 Å². The first kappa shape index (κ1) is 25.4. The summed E-state index contributed by atoms with van der Waals surface area (Å²) in [7, 11) is -3.71. The molecule has 2 amide bonds. The van der Waals surface area contributed by atoms with Gasteiger partial charge in [0.2, 0.25) is 21.8 Å². The molecule has 2 aromatic carbocycles. The Morgan fingerprint density at radius 3 is 2.16 bits per heavy atom. The standard InChI is InChI=1S/C24H33N3O4S/c1-6-19(3)25-24(29)20(4)26(16-21-13-11-10-12-18(21)2)23(28)17-27(32(5,30)31)22-14-8-7-9-15-22/h7-15,19-20H,6,16-17H2,1-5H3,(H,25,29)/t19-,20+/m1/s1. The SMILES string of the molecule is CC[C@@H](C)NC(=O)[C@H](C)N(Cc1ccccc1C)C(=O)CN(c1ccccc1)S(C)(=O)=O. The van der Waals surface area contributed by atoms with Crippen molar-refractivity contribution in [3.8, 4) is 0 Å². The van der Waals surface area contributed by atoms with Crippen LogP contribution in [0.4, 0.5) is 5.69 Å². The van der Waals surface area contributed by atoms with Gasteiger partial charge in [0, 0.05) is 12.6 Å². The van der Waals surface area contributed by atoms with Crippen LogP contribution in [0.5, 0.6) is 0 Å². The van der Waals surface area contributed by atoms with Gasteiger partial charge >= 0.3 is 0 Å². The Morgan fingerprint density at radius 1 is 1.00 bits per heavy atom. The van der Waals surface area contributed by atoms with Gasteiger partial charge in [-0.25, -0.2) is 8.42 Å². The highest BCUT2D eigenvalue weighted by Crippen LogP contribution is 2.19. The summed E-state index contributed by atoms with van der Waals surface area (Å²) in [6.45, 7) is 7.28. The molecule has 0 saturated carbocycles. The van der Waals surface area contributed by atoms with Gasteiger partial charge in [0.15, 0.2) is 0 Å². The average Bonchev–Trinajstić information content (AvgIpc) is 2.75. The first-order valence-electron chi connectivity index (χ1n) is 10.7. The number of rotatable bonds is 10. The van der Waals surface area contributed by atoms with E-state index in [0.29, 0.717) is 5.69 Å².